The first-order valence-electron chi connectivity index (χ1n) is 31.6. The molecule has 0 rings (SSSR count). The van der Waals surface area contributed by atoms with Gasteiger partial charge in [0.05, 0.1) is 13.2 Å². The van der Waals surface area contributed by atoms with Gasteiger partial charge in [0, 0.05) is 19.4 Å². The summed E-state index contributed by atoms with van der Waals surface area (Å²) in [5.74, 6) is -0.889. The minimum atomic E-state index is -4.41. The largest absolute Gasteiger partial charge is 0.472 e. The van der Waals surface area contributed by atoms with Gasteiger partial charge in [-0.2, -0.15) is 0 Å². The van der Waals surface area contributed by atoms with E-state index in [4.69, 9.17) is 24.3 Å². The number of phosphoric acid groups is 1. The Labute approximate surface area is 495 Å². The van der Waals surface area contributed by atoms with Crippen LogP contribution in [0.4, 0.5) is 0 Å². The summed E-state index contributed by atoms with van der Waals surface area (Å²) in [4.78, 5) is 35.2. The lowest BCUT2D eigenvalue weighted by Gasteiger charge is -2.19. The Bertz CT molecular complexity index is 1930. The first-order chi connectivity index (χ1) is 39.8. The van der Waals surface area contributed by atoms with Crippen LogP contribution in [-0.4, -0.2) is 49.3 Å². The van der Waals surface area contributed by atoms with Gasteiger partial charge in [-0.25, -0.2) is 4.57 Å². The Morgan fingerprint density at radius 3 is 0.975 bits per heavy atom. The molecule has 0 aromatic heterocycles. The molecule has 456 valence electrons. The molecule has 0 saturated carbocycles. The van der Waals surface area contributed by atoms with Crippen molar-refractivity contribution in [1.29, 1.82) is 0 Å². The molecule has 0 aliphatic carbocycles. The molecule has 0 amide bonds. The van der Waals surface area contributed by atoms with Crippen molar-refractivity contribution in [2.75, 3.05) is 26.4 Å². The Morgan fingerprint density at radius 1 is 0.370 bits per heavy atom. The second-order valence-electron chi connectivity index (χ2n) is 20.2. The molecule has 0 radical (unpaired) electrons. The summed E-state index contributed by atoms with van der Waals surface area (Å²) < 4.78 is 33.0. The molecule has 9 nitrogen and oxygen atoms in total. The van der Waals surface area contributed by atoms with Crippen LogP contribution in [0.5, 0.6) is 0 Å². The molecule has 0 saturated heterocycles. The molecule has 0 aliphatic heterocycles. The number of ether oxygens (including phenoxy) is 2. The van der Waals surface area contributed by atoms with Gasteiger partial charge in [-0.05, 0) is 128 Å². The maximum Gasteiger partial charge on any atom is 0.472 e. The summed E-state index contributed by atoms with van der Waals surface area (Å²) in [6, 6.07) is 0. The Kier molecular flexibility index (Phi) is 60.8. The maximum absolute atomic E-state index is 12.7. The quantitative estimate of drug-likeness (QED) is 0.0264. The third-order valence-corrected chi connectivity index (χ3v) is 13.6. The summed E-state index contributed by atoms with van der Waals surface area (Å²) in [6.45, 7) is 3.45. The van der Waals surface area contributed by atoms with Crippen LogP contribution in [0.1, 0.15) is 232 Å². The number of nitrogens with two attached hydrogens (primary N) is 1. The summed E-state index contributed by atoms with van der Waals surface area (Å²) in [7, 11) is -4.41. The van der Waals surface area contributed by atoms with Gasteiger partial charge in [0.25, 0.3) is 0 Å². The lowest BCUT2D eigenvalue weighted by Crippen LogP contribution is -2.29. The topological polar surface area (TPSA) is 134 Å². The molecule has 0 bridgehead atoms. The fraction of sp³-hybridized carbons (Fsp3) is 0.577. The predicted molar refractivity (Wildman–Crippen MR) is 348 cm³/mol. The highest BCUT2D eigenvalue weighted by molar-refractivity contribution is 7.47. The minimum absolute atomic E-state index is 0.0389. The van der Waals surface area contributed by atoms with Crippen molar-refractivity contribution in [2.24, 2.45) is 5.73 Å². The minimum Gasteiger partial charge on any atom is -0.462 e. The molecule has 2 atom stereocenters. The van der Waals surface area contributed by atoms with E-state index < -0.39 is 32.5 Å². The van der Waals surface area contributed by atoms with E-state index in [1.165, 1.54) is 70.6 Å². The third kappa shape index (κ3) is 64.4. The average Bonchev–Trinajstić information content (AvgIpc) is 3.46. The van der Waals surface area contributed by atoms with E-state index in [0.717, 1.165) is 122 Å². The van der Waals surface area contributed by atoms with E-state index in [-0.39, 0.29) is 32.6 Å². The van der Waals surface area contributed by atoms with Gasteiger partial charge in [0.15, 0.2) is 6.10 Å². The second-order valence-corrected chi connectivity index (χ2v) is 21.6. The maximum atomic E-state index is 12.7. The fourth-order valence-electron chi connectivity index (χ4n) is 8.01. The Morgan fingerprint density at radius 2 is 0.642 bits per heavy atom. The summed E-state index contributed by atoms with van der Waals surface area (Å²) in [5.41, 5.74) is 5.38. The fourth-order valence-corrected chi connectivity index (χ4v) is 8.77. The van der Waals surface area contributed by atoms with E-state index in [9.17, 15) is 19.0 Å². The molecule has 0 spiro atoms. The molecule has 0 heterocycles. The van der Waals surface area contributed by atoms with Crippen molar-refractivity contribution >= 4 is 19.8 Å². The summed E-state index contributed by atoms with van der Waals surface area (Å²) >= 11 is 0. The molecule has 0 aliphatic rings. The number of allylic oxidation sites excluding steroid dienone is 28. The average molecular weight is 1140 g/mol. The van der Waals surface area contributed by atoms with Crippen LogP contribution in [0.25, 0.3) is 0 Å². The first-order valence-corrected chi connectivity index (χ1v) is 33.1. The number of hydrogen-bond donors (Lipinski definition) is 2. The predicted octanol–water partition coefficient (Wildman–Crippen LogP) is 20.6. The van der Waals surface area contributed by atoms with Crippen molar-refractivity contribution in [3.8, 4) is 0 Å². The van der Waals surface area contributed by atoms with E-state index in [2.05, 4.69) is 184 Å². The normalized spacial score (nSPS) is 14.2. The van der Waals surface area contributed by atoms with Gasteiger partial charge in [-0.1, -0.05) is 261 Å². The third-order valence-electron chi connectivity index (χ3n) is 12.6. The summed E-state index contributed by atoms with van der Waals surface area (Å²) in [5, 5.41) is 0. The molecule has 3 N–H and O–H groups in total. The van der Waals surface area contributed by atoms with Crippen LogP contribution in [0, 0.1) is 0 Å². The van der Waals surface area contributed by atoms with Crippen molar-refractivity contribution in [3.05, 3.63) is 170 Å². The number of esters is 2. The zero-order valence-electron chi connectivity index (χ0n) is 50.9. The molecule has 2 unspecified atom stereocenters. The monoisotopic (exact) mass is 1140 g/mol. The molecule has 10 heteroatoms. The van der Waals surface area contributed by atoms with Crippen LogP contribution in [0.15, 0.2) is 170 Å². The van der Waals surface area contributed by atoms with Crippen molar-refractivity contribution < 1.29 is 37.6 Å². The smallest absolute Gasteiger partial charge is 0.462 e. The van der Waals surface area contributed by atoms with Gasteiger partial charge in [-0.15, -0.1) is 0 Å². The number of hydrogen-bond acceptors (Lipinski definition) is 8. The zero-order chi connectivity index (χ0) is 58.7. The number of carbonyl (C=O) groups excluding carboxylic acids is 2. The Balaban J connectivity index is 3.99. The van der Waals surface area contributed by atoms with Crippen LogP contribution in [0.3, 0.4) is 0 Å². The van der Waals surface area contributed by atoms with E-state index in [1.807, 2.05) is 0 Å². The van der Waals surface area contributed by atoms with Crippen LogP contribution < -0.4 is 5.73 Å². The standard InChI is InChI=1S/C71H114NO8P/c1-3-5-7-9-11-13-15-17-19-21-23-25-26-27-28-29-30-31-32-33-34-35-36-37-38-39-40-41-42-44-46-48-50-52-54-56-58-60-62-64-71(74)80-69(68-79-81(75,76)78-66-65-72)67-77-70(73)63-61-59-57-55-53-51-49-47-45-43-24-22-20-18-16-14-12-10-8-6-4-2/h5-8,11-14,17-20,23-25,27-28,30-31,33-34,36-37,43,47,49,53,55,69H,3-4,9-10,15-16,21-22,26,29,32,35,38-42,44-46,48,50-52,54,56-68,72H2,1-2H3,(H,75,76)/b7-5-,8-6-,13-11-,14-12-,19-17-,20-18-,25-23-,28-27-,31-30-,34-33-,37-36-,43-24-,49-47-,55-53-. The molecule has 0 aromatic rings. The van der Waals surface area contributed by atoms with Gasteiger partial charge in [0.2, 0.25) is 0 Å². The SMILES string of the molecule is CC/C=C\C/C=C\C/C=C\C/C=C\C/C=C\C/C=C\C/C=C\C/C=C\CCCCCCCCCCCCCCCCC(=O)OC(COC(=O)CCCC/C=C\C/C=C\C/C=C\C/C=C\C/C=C\C/C=C\CC)COP(=O)(O)OCCN. The number of rotatable bonds is 57. The Hall–Kier alpha value is -4.63. The van der Waals surface area contributed by atoms with Gasteiger partial charge in [-0.3, -0.25) is 18.6 Å². The molecular weight excluding hydrogens is 1030 g/mol. The van der Waals surface area contributed by atoms with Gasteiger partial charge >= 0.3 is 19.8 Å². The van der Waals surface area contributed by atoms with Crippen LogP contribution in [0.2, 0.25) is 0 Å². The molecule has 81 heavy (non-hydrogen) atoms. The van der Waals surface area contributed by atoms with Crippen molar-refractivity contribution in [1.82, 2.24) is 0 Å². The highest BCUT2D eigenvalue weighted by atomic mass is 31.2. The highest BCUT2D eigenvalue weighted by Gasteiger charge is 2.26. The second kappa shape index (κ2) is 64.5. The molecule has 0 aromatic carbocycles. The van der Waals surface area contributed by atoms with Crippen LogP contribution in [-0.2, 0) is 32.7 Å². The highest BCUT2D eigenvalue weighted by Crippen LogP contribution is 2.43. The number of carbonyl (C=O) groups is 2. The number of unbranched alkanes of at least 4 members (excludes halogenated alkanes) is 16. The zero-order valence-corrected chi connectivity index (χ0v) is 51.8. The van der Waals surface area contributed by atoms with E-state index in [1.54, 1.807) is 0 Å². The van der Waals surface area contributed by atoms with Gasteiger partial charge < -0.3 is 20.1 Å². The summed E-state index contributed by atoms with van der Waals surface area (Å²) in [6.07, 6.45) is 95.7. The lowest BCUT2D eigenvalue weighted by molar-refractivity contribution is -0.161. The van der Waals surface area contributed by atoms with Crippen LogP contribution >= 0.6 is 7.82 Å². The van der Waals surface area contributed by atoms with E-state index in [0.29, 0.717) is 12.8 Å². The van der Waals surface area contributed by atoms with Gasteiger partial charge in [0.1, 0.15) is 6.61 Å². The first kappa shape index (κ1) is 76.4. The number of phosphoric ester groups is 1. The van der Waals surface area contributed by atoms with E-state index >= 15 is 0 Å². The molecule has 0 fully saturated rings. The van der Waals surface area contributed by atoms with Crippen molar-refractivity contribution in [3.63, 3.8) is 0 Å². The van der Waals surface area contributed by atoms with Crippen molar-refractivity contribution in [2.45, 2.75) is 238 Å². The molecular formula is C71H114NO8P. The lowest BCUT2D eigenvalue weighted by atomic mass is 10.0.